The van der Waals surface area contributed by atoms with Crippen molar-refractivity contribution in [1.29, 1.82) is 0 Å². The zero-order valence-corrected chi connectivity index (χ0v) is 10.6. The van der Waals surface area contributed by atoms with Crippen molar-refractivity contribution in [2.75, 3.05) is 13.7 Å². The van der Waals surface area contributed by atoms with Crippen molar-refractivity contribution >= 4 is 18.3 Å². The molecule has 4 nitrogen and oxygen atoms in total. The van der Waals surface area contributed by atoms with Crippen molar-refractivity contribution in [1.82, 2.24) is 5.32 Å². The molecule has 3 N–H and O–H groups in total. The van der Waals surface area contributed by atoms with Gasteiger partial charge in [-0.05, 0) is 6.92 Å². The summed E-state index contributed by atoms with van der Waals surface area (Å²) in [6, 6.07) is 0. The Labute approximate surface area is 97.3 Å². The van der Waals surface area contributed by atoms with Gasteiger partial charge >= 0.3 is 0 Å². The van der Waals surface area contributed by atoms with Gasteiger partial charge in [-0.25, -0.2) is 0 Å². The average molecular weight is 237 g/mol. The molecule has 1 fully saturated rings. The van der Waals surface area contributed by atoms with Crippen LogP contribution in [0.4, 0.5) is 0 Å². The fourth-order valence-electron chi connectivity index (χ4n) is 2.04. The number of hydrogen-bond acceptors (Lipinski definition) is 3. The van der Waals surface area contributed by atoms with Gasteiger partial charge in [0.05, 0.1) is 6.10 Å². The fourth-order valence-corrected chi connectivity index (χ4v) is 2.04. The van der Waals surface area contributed by atoms with E-state index in [1.807, 2.05) is 20.8 Å². The molecule has 0 radical (unpaired) electrons. The standard InChI is InChI=1S/C10H20N2O2.ClH/c1-5-14-7-6-10(11,8(13)12-4)9(7,2)3;/h7H,5-6,11H2,1-4H3,(H,12,13);1H. The van der Waals surface area contributed by atoms with E-state index < -0.39 is 5.54 Å². The molecule has 0 aromatic rings. The molecule has 1 rings (SSSR count). The Bertz CT molecular complexity index is 246. The summed E-state index contributed by atoms with van der Waals surface area (Å²) in [6.45, 7) is 6.57. The molecule has 0 aromatic carbocycles. The third-order valence-electron chi connectivity index (χ3n) is 3.46. The molecule has 0 saturated heterocycles. The van der Waals surface area contributed by atoms with E-state index in [0.29, 0.717) is 13.0 Å². The number of amides is 1. The van der Waals surface area contributed by atoms with Crippen molar-refractivity contribution in [2.24, 2.45) is 11.1 Å². The molecule has 0 spiro atoms. The zero-order valence-electron chi connectivity index (χ0n) is 9.79. The number of carbonyl (C=O) groups excluding carboxylic acids is 1. The molecule has 0 aliphatic heterocycles. The summed E-state index contributed by atoms with van der Waals surface area (Å²) in [5.74, 6) is -0.0987. The second-order valence-corrected chi connectivity index (χ2v) is 4.42. The third-order valence-corrected chi connectivity index (χ3v) is 3.46. The van der Waals surface area contributed by atoms with Crippen LogP contribution in [0.1, 0.15) is 27.2 Å². The Balaban J connectivity index is 0.00000196. The van der Waals surface area contributed by atoms with Crippen LogP contribution in [0.15, 0.2) is 0 Å². The zero-order chi connectivity index (χ0) is 11.0. The van der Waals surface area contributed by atoms with Crippen LogP contribution in [0.2, 0.25) is 0 Å². The number of halogens is 1. The molecule has 5 heteroatoms. The number of ether oxygens (including phenoxy) is 1. The van der Waals surface area contributed by atoms with Crippen molar-refractivity contribution < 1.29 is 9.53 Å². The largest absolute Gasteiger partial charge is 0.378 e. The minimum Gasteiger partial charge on any atom is -0.378 e. The predicted octanol–water partition coefficient (Wildman–Crippen LogP) is 0.687. The molecule has 90 valence electrons. The molecule has 2 unspecified atom stereocenters. The highest BCUT2D eigenvalue weighted by Gasteiger charge is 2.62. The molecule has 15 heavy (non-hydrogen) atoms. The first-order chi connectivity index (χ1) is 6.40. The minimum atomic E-state index is -0.776. The van der Waals surface area contributed by atoms with E-state index in [-0.39, 0.29) is 29.8 Å². The van der Waals surface area contributed by atoms with Gasteiger partial charge in [-0.15, -0.1) is 12.4 Å². The highest BCUT2D eigenvalue weighted by atomic mass is 35.5. The molecule has 1 aliphatic rings. The quantitative estimate of drug-likeness (QED) is 0.758. The van der Waals surface area contributed by atoms with Gasteiger partial charge in [0, 0.05) is 25.5 Å². The van der Waals surface area contributed by atoms with Gasteiger partial charge in [-0.2, -0.15) is 0 Å². The van der Waals surface area contributed by atoms with E-state index in [9.17, 15) is 4.79 Å². The van der Waals surface area contributed by atoms with Crippen molar-refractivity contribution in [2.45, 2.75) is 38.8 Å². The van der Waals surface area contributed by atoms with Crippen LogP contribution in [0, 0.1) is 5.41 Å². The molecular formula is C10H21ClN2O2. The topological polar surface area (TPSA) is 64.3 Å². The predicted molar refractivity (Wildman–Crippen MR) is 62.0 cm³/mol. The Morgan fingerprint density at radius 1 is 1.60 bits per heavy atom. The minimum absolute atomic E-state index is 0. The number of likely N-dealkylation sites (N-methyl/N-ethyl adjacent to an activating group) is 1. The summed E-state index contributed by atoms with van der Waals surface area (Å²) in [5.41, 5.74) is 5.00. The van der Waals surface area contributed by atoms with Gasteiger partial charge in [0.2, 0.25) is 5.91 Å². The summed E-state index contributed by atoms with van der Waals surface area (Å²) < 4.78 is 5.52. The maximum Gasteiger partial charge on any atom is 0.240 e. The lowest BCUT2D eigenvalue weighted by atomic mass is 9.54. The van der Waals surface area contributed by atoms with Crippen molar-refractivity contribution in [3.8, 4) is 0 Å². The van der Waals surface area contributed by atoms with E-state index in [2.05, 4.69) is 5.32 Å². The van der Waals surface area contributed by atoms with Gasteiger partial charge in [0.15, 0.2) is 0 Å². The lowest BCUT2D eigenvalue weighted by Gasteiger charge is -2.57. The number of rotatable bonds is 3. The molecule has 2 atom stereocenters. The van der Waals surface area contributed by atoms with E-state index >= 15 is 0 Å². The summed E-state index contributed by atoms with van der Waals surface area (Å²) in [6.07, 6.45) is 0.697. The second-order valence-electron chi connectivity index (χ2n) is 4.42. The smallest absolute Gasteiger partial charge is 0.240 e. The highest BCUT2D eigenvalue weighted by molar-refractivity contribution is 5.88. The second kappa shape index (κ2) is 4.68. The number of nitrogens with one attached hydrogen (secondary N) is 1. The van der Waals surface area contributed by atoms with E-state index in [0.717, 1.165) is 0 Å². The fraction of sp³-hybridized carbons (Fsp3) is 0.900. The van der Waals surface area contributed by atoms with E-state index in [1.54, 1.807) is 7.05 Å². The number of hydrogen-bond donors (Lipinski definition) is 2. The van der Waals surface area contributed by atoms with Gasteiger partial charge in [-0.3, -0.25) is 4.79 Å². The van der Waals surface area contributed by atoms with Gasteiger partial charge in [0.25, 0.3) is 0 Å². The average Bonchev–Trinajstić information content (AvgIpc) is 2.16. The summed E-state index contributed by atoms with van der Waals surface area (Å²) in [5, 5.41) is 2.61. The van der Waals surface area contributed by atoms with E-state index in [4.69, 9.17) is 10.5 Å². The highest BCUT2D eigenvalue weighted by Crippen LogP contribution is 2.49. The van der Waals surface area contributed by atoms with Crippen LogP contribution in [0.3, 0.4) is 0 Å². The Kier molecular flexibility index (Phi) is 4.58. The Morgan fingerprint density at radius 2 is 2.13 bits per heavy atom. The van der Waals surface area contributed by atoms with Crippen LogP contribution in [-0.4, -0.2) is 31.2 Å². The first-order valence-corrected chi connectivity index (χ1v) is 5.02. The van der Waals surface area contributed by atoms with Gasteiger partial charge < -0.3 is 15.8 Å². The van der Waals surface area contributed by atoms with Crippen LogP contribution in [0.5, 0.6) is 0 Å². The molecule has 1 aliphatic carbocycles. The normalized spacial score (nSPS) is 32.5. The monoisotopic (exact) mass is 236 g/mol. The Hall–Kier alpha value is -0.320. The first-order valence-electron chi connectivity index (χ1n) is 5.02. The molecular weight excluding hydrogens is 216 g/mol. The summed E-state index contributed by atoms with van der Waals surface area (Å²) in [7, 11) is 1.61. The molecule has 0 aromatic heterocycles. The van der Waals surface area contributed by atoms with E-state index in [1.165, 1.54) is 0 Å². The Morgan fingerprint density at radius 3 is 2.47 bits per heavy atom. The van der Waals surface area contributed by atoms with Crippen LogP contribution in [-0.2, 0) is 9.53 Å². The molecule has 0 bridgehead atoms. The number of carbonyl (C=O) groups is 1. The third kappa shape index (κ3) is 1.98. The van der Waals surface area contributed by atoms with Crippen molar-refractivity contribution in [3.63, 3.8) is 0 Å². The summed E-state index contributed by atoms with van der Waals surface area (Å²) >= 11 is 0. The lowest BCUT2D eigenvalue weighted by Crippen LogP contribution is -2.75. The molecule has 1 amide bonds. The van der Waals surface area contributed by atoms with Crippen LogP contribution >= 0.6 is 12.4 Å². The summed E-state index contributed by atoms with van der Waals surface area (Å²) in [4.78, 5) is 11.6. The lowest BCUT2D eigenvalue weighted by molar-refractivity contribution is -0.170. The van der Waals surface area contributed by atoms with Crippen LogP contribution < -0.4 is 11.1 Å². The number of nitrogens with two attached hydrogens (primary N) is 1. The van der Waals surface area contributed by atoms with Gasteiger partial charge in [-0.1, -0.05) is 13.8 Å². The molecule has 0 heterocycles. The van der Waals surface area contributed by atoms with Crippen molar-refractivity contribution in [3.05, 3.63) is 0 Å². The first kappa shape index (κ1) is 14.7. The maximum atomic E-state index is 11.6. The van der Waals surface area contributed by atoms with Crippen LogP contribution in [0.25, 0.3) is 0 Å². The SMILES string of the molecule is CCOC1CC(N)(C(=O)NC)C1(C)C.Cl. The molecule has 1 saturated carbocycles. The maximum absolute atomic E-state index is 11.6. The van der Waals surface area contributed by atoms with Gasteiger partial charge in [0.1, 0.15) is 5.54 Å².